The van der Waals surface area contributed by atoms with Gasteiger partial charge in [-0.3, -0.25) is 15.0 Å². The van der Waals surface area contributed by atoms with Crippen molar-refractivity contribution in [2.24, 2.45) is 23.7 Å². The summed E-state index contributed by atoms with van der Waals surface area (Å²) in [5.41, 5.74) is -0.0397. The number of amides is 3. The van der Waals surface area contributed by atoms with Gasteiger partial charge < -0.3 is 5.32 Å². The molecule has 0 unspecified atom stereocenters. The Morgan fingerprint density at radius 3 is 2.24 bits per heavy atom. The number of nitrogens with zero attached hydrogens (tertiary/aromatic N) is 1. The minimum atomic E-state index is -0.274. The van der Waals surface area contributed by atoms with Crippen LogP contribution in [0.5, 0.6) is 0 Å². The second kappa shape index (κ2) is 6.57. The third-order valence-electron chi connectivity index (χ3n) is 7.27. The SMILES string of the molecule is C[C@@H]1CCCN([C@@H](C)C(=O)NC(=O)NC23CC4CC(CC(C4)C2)C3)C1. The summed E-state index contributed by atoms with van der Waals surface area (Å²) >= 11 is 0. The van der Waals surface area contributed by atoms with Crippen LogP contribution in [0.1, 0.15) is 65.2 Å². The molecule has 2 atom stereocenters. The first-order valence-corrected chi connectivity index (χ1v) is 10.3. The van der Waals surface area contributed by atoms with Gasteiger partial charge in [0, 0.05) is 12.1 Å². The lowest BCUT2D eigenvalue weighted by Crippen LogP contribution is -2.62. The molecule has 2 N–H and O–H groups in total. The summed E-state index contributed by atoms with van der Waals surface area (Å²) in [7, 11) is 0. The van der Waals surface area contributed by atoms with Crippen molar-refractivity contribution >= 4 is 11.9 Å². The first-order valence-electron chi connectivity index (χ1n) is 10.3. The van der Waals surface area contributed by atoms with Gasteiger partial charge in [0.25, 0.3) is 0 Å². The van der Waals surface area contributed by atoms with Crippen LogP contribution in [0.25, 0.3) is 0 Å². The van der Waals surface area contributed by atoms with Crippen molar-refractivity contribution in [3.8, 4) is 0 Å². The minimum absolute atomic E-state index is 0.0397. The molecule has 0 aromatic carbocycles. The van der Waals surface area contributed by atoms with Gasteiger partial charge in [-0.1, -0.05) is 6.92 Å². The van der Waals surface area contributed by atoms with Gasteiger partial charge in [0.05, 0.1) is 6.04 Å². The van der Waals surface area contributed by atoms with Gasteiger partial charge in [-0.05, 0) is 88.5 Å². The molecule has 4 saturated carbocycles. The van der Waals surface area contributed by atoms with Crippen LogP contribution in [-0.2, 0) is 4.79 Å². The lowest BCUT2D eigenvalue weighted by Gasteiger charge is -2.56. The monoisotopic (exact) mass is 347 g/mol. The van der Waals surface area contributed by atoms with Crippen molar-refractivity contribution in [3.63, 3.8) is 0 Å². The van der Waals surface area contributed by atoms with E-state index in [1.807, 2.05) is 6.92 Å². The lowest BCUT2D eigenvalue weighted by molar-refractivity contribution is -0.125. The normalized spacial score (nSPS) is 41.4. The number of nitrogens with one attached hydrogen (secondary N) is 2. The van der Waals surface area contributed by atoms with E-state index in [1.165, 1.54) is 25.7 Å². The molecular formula is C20H33N3O2. The number of hydrogen-bond donors (Lipinski definition) is 2. The third-order valence-corrected chi connectivity index (χ3v) is 7.27. The van der Waals surface area contributed by atoms with Crippen LogP contribution in [-0.4, -0.2) is 41.5 Å². The Kier molecular flexibility index (Phi) is 4.55. The summed E-state index contributed by atoms with van der Waals surface area (Å²) in [5, 5.41) is 5.87. The highest BCUT2D eigenvalue weighted by atomic mass is 16.2. The number of rotatable bonds is 3. The Bertz CT molecular complexity index is 512. The number of piperidine rings is 1. The van der Waals surface area contributed by atoms with Crippen LogP contribution in [0.3, 0.4) is 0 Å². The van der Waals surface area contributed by atoms with Gasteiger partial charge in [-0.25, -0.2) is 4.79 Å². The Labute approximate surface area is 151 Å². The summed E-state index contributed by atoms with van der Waals surface area (Å²) < 4.78 is 0. The molecule has 140 valence electrons. The van der Waals surface area contributed by atoms with Crippen molar-refractivity contribution in [1.29, 1.82) is 0 Å². The van der Waals surface area contributed by atoms with Gasteiger partial charge in [-0.15, -0.1) is 0 Å². The predicted molar refractivity (Wildman–Crippen MR) is 97.0 cm³/mol. The largest absolute Gasteiger partial charge is 0.332 e. The highest BCUT2D eigenvalue weighted by Gasteiger charge is 2.51. The van der Waals surface area contributed by atoms with Crippen molar-refractivity contribution in [1.82, 2.24) is 15.5 Å². The lowest BCUT2D eigenvalue weighted by atomic mass is 9.53. The Morgan fingerprint density at radius 2 is 1.68 bits per heavy atom. The maximum Gasteiger partial charge on any atom is 0.321 e. The highest BCUT2D eigenvalue weighted by Crippen LogP contribution is 2.55. The van der Waals surface area contributed by atoms with E-state index in [4.69, 9.17) is 0 Å². The molecule has 0 aromatic rings. The molecule has 0 spiro atoms. The maximum absolute atomic E-state index is 12.5. The Balaban J connectivity index is 1.32. The van der Waals surface area contributed by atoms with Gasteiger partial charge in [0.1, 0.15) is 0 Å². The van der Waals surface area contributed by atoms with Gasteiger partial charge in [-0.2, -0.15) is 0 Å². The highest BCUT2D eigenvalue weighted by molar-refractivity contribution is 5.97. The quantitative estimate of drug-likeness (QED) is 0.825. The van der Waals surface area contributed by atoms with Crippen LogP contribution >= 0.6 is 0 Å². The summed E-state index contributed by atoms with van der Waals surface area (Å²) in [6, 6.07) is -0.506. The average molecular weight is 348 g/mol. The molecule has 4 bridgehead atoms. The van der Waals surface area contributed by atoms with Crippen LogP contribution in [0.2, 0.25) is 0 Å². The molecule has 5 aliphatic rings. The molecule has 1 aliphatic heterocycles. The fraction of sp³-hybridized carbons (Fsp3) is 0.900. The number of hydrogen-bond acceptors (Lipinski definition) is 3. The molecular weight excluding hydrogens is 314 g/mol. The summed E-state index contributed by atoms with van der Waals surface area (Å²) in [6.07, 6.45) is 9.76. The van der Waals surface area contributed by atoms with E-state index in [0.29, 0.717) is 5.92 Å². The standard InChI is InChI=1S/C20H33N3O2/c1-13-4-3-5-23(12-13)14(2)18(24)21-19(25)22-20-9-15-6-16(10-20)8-17(7-15)11-20/h13-17H,3-12H2,1-2H3,(H2,21,22,24,25)/t13-,14+,15?,16?,17?,20?/m1/s1. The summed E-state index contributed by atoms with van der Waals surface area (Å²) in [6.45, 7) is 6.06. The number of urea groups is 1. The van der Waals surface area contributed by atoms with E-state index < -0.39 is 0 Å². The maximum atomic E-state index is 12.5. The van der Waals surface area contributed by atoms with Gasteiger partial charge in [0.15, 0.2) is 0 Å². The van der Waals surface area contributed by atoms with Gasteiger partial charge >= 0.3 is 6.03 Å². The molecule has 5 fully saturated rings. The van der Waals surface area contributed by atoms with Crippen molar-refractivity contribution in [2.75, 3.05) is 13.1 Å². The third kappa shape index (κ3) is 3.57. The van der Waals surface area contributed by atoms with Crippen LogP contribution in [0.4, 0.5) is 4.79 Å². The Hall–Kier alpha value is -1.10. The van der Waals surface area contributed by atoms with Crippen LogP contribution in [0.15, 0.2) is 0 Å². The molecule has 3 amide bonds. The second-order valence-corrected chi connectivity index (χ2v) is 9.56. The van der Waals surface area contributed by atoms with E-state index in [9.17, 15) is 9.59 Å². The molecule has 25 heavy (non-hydrogen) atoms. The number of imide groups is 1. The topological polar surface area (TPSA) is 61.4 Å². The average Bonchev–Trinajstić information content (AvgIpc) is 2.52. The molecule has 5 heteroatoms. The number of likely N-dealkylation sites (tertiary alicyclic amines) is 1. The van der Waals surface area contributed by atoms with Crippen LogP contribution in [0, 0.1) is 23.7 Å². The molecule has 4 aliphatic carbocycles. The van der Waals surface area contributed by atoms with E-state index in [1.54, 1.807) is 0 Å². The molecule has 1 saturated heterocycles. The fourth-order valence-corrected chi connectivity index (χ4v) is 6.50. The van der Waals surface area contributed by atoms with Crippen molar-refractivity contribution in [3.05, 3.63) is 0 Å². The van der Waals surface area contributed by atoms with E-state index in [0.717, 1.165) is 56.5 Å². The van der Waals surface area contributed by atoms with Crippen molar-refractivity contribution < 1.29 is 9.59 Å². The van der Waals surface area contributed by atoms with E-state index in [2.05, 4.69) is 22.5 Å². The molecule has 1 heterocycles. The Morgan fingerprint density at radius 1 is 1.08 bits per heavy atom. The zero-order valence-electron chi connectivity index (χ0n) is 15.7. The predicted octanol–water partition coefficient (Wildman–Crippen LogP) is 2.90. The molecule has 5 rings (SSSR count). The molecule has 0 aromatic heterocycles. The van der Waals surface area contributed by atoms with Crippen LogP contribution < -0.4 is 10.6 Å². The van der Waals surface area contributed by atoms with E-state index in [-0.39, 0.29) is 23.5 Å². The van der Waals surface area contributed by atoms with Gasteiger partial charge in [0.2, 0.25) is 5.91 Å². The summed E-state index contributed by atoms with van der Waals surface area (Å²) in [4.78, 5) is 27.3. The fourth-order valence-electron chi connectivity index (χ4n) is 6.50. The number of carbonyl (C=O) groups excluding carboxylic acids is 2. The summed E-state index contributed by atoms with van der Waals surface area (Å²) in [5.74, 6) is 2.84. The van der Waals surface area contributed by atoms with Crippen molar-refractivity contribution in [2.45, 2.75) is 76.8 Å². The molecule has 5 nitrogen and oxygen atoms in total. The second-order valence-electron chi connectivity index (χ2n) is 9.56. The minimum Gasteiger partial charge on any atom is -0.332 e. The first-order chi connectivity index (χ1) is 11.9. The zero-order chi connectivity index (χ0) is 17.6. The molecule has 0 radical (unpaired) electrons. The zero-order valence-corrected chi connectivity index (χ0v) is 15.7. The van der Waals surface area contributed by atoms with E-state index >= 15 is 0 Å². The number of carbonyl (C=O) groups is 2. The smallest absolute Gasteiger partial charge is 0.321 e. The first kappa shape index (κ1) is 17.3.